The van der Waals surface area contributed by atoms with Crippen LogP contribution < -0.4 is 10.2 Å². The maximum Gasteiger partial charge on any atom is 0.339 e. The highest BCUT2D eigenvalue weighted by Gasteiger charge is 2.25. The summed E-state index contributed by atoms with van der Waals surface area (Å²) in [6, 6.07) is 11.4. The molecule has 9 nitrogen and oxygen atoms in total. The maximum absolute atomic E-state index is 12.5. The summed E-state index contributed by atoms with van der Waals surface area (Å²) in [7, 11) is 0. The van der Waals surface area contributed by atoms with Crippen molar-refractivity contribution in [3.8, 4) is 0 Å². The Kier molecular flexibility index (Phi) is 6.63. The van der Waals surface area contributed by atoms with E-state index in [1.807, 2.05) is 24.0 Å². The first-order valence-corrected chi connectivity index (χ1v) is 9.55. The Bertz CT molecular complexity index is 938. The van der Waals surface area contributed by atoms with Crippen LogP contribution in [0.3, 0.4) is 0 Å². The van der Waals surface area contributed by atoms with Crippen LogP contribution in [0.15, 0.2) is 42.5 Å². The number of amides is 1. The van der Waals surface area contributed by atoms with Gasteiger partial charge in [-0.05, 0) is 38.1 Å². The normalized spacial score (nSPS) is 14.7. The molecule has 1 aliphatic rings. The number of hydrogen-bond donors (Lipinski definition) is 1. The van der Waals surface area contributed by atoms with Crippen LogP contribution in [0.4, 0.5) is 17.1 Å². The predicted molar refractivity (Wildman–Crippen MR) is 111 cm³/mol. The van der Waals surface area contributed by atoms with Gasteiger partial charge in [0.25, 0.3) is 11.6 Å². The summed E-state index contributed by atoms with van der Waals surface area (Å²) in [5, 5.41) is 14.2. The molecule has 0 unspecified atom stereocenters. The number of aryl methyl sites for hydroxylation is 1. The average molecular weight is 413 g/mol. The lowest BCUT2D eigenvalue weighted by Gasteiger charge is -2.28. The highest BCUT2D eigenvalue weighted by molar-refractivity contribution is 5.97. The number of esters is 1. The Morgan fingerprint density at radius 2 is 1.83 bits per heavy atom. The van der Waals surface area contributed by atoms with Gasteiger partial charge in [-0.25, -0.2) is 4.79 Å². The number of ether oxygens (including phenoxy) is 2. The molecule has 0 bridgehead atoms. The van der Waals surface area contributed by atoms with E-state index in [-0.39, 0.29) is 11.3 Å². The molecule has 0 saturated carbocycles. The first-order valence-electron chi connectivity index (χ1n) is 9.55. The molecule has 158 valence electrons. The number of carbonyl (C=O) groups is 2. The second kappa shape index (κ2) is 9.36. The highest BCUT2D eigenvalue weighted by atomic mass is 16.6. The first-order chi connectivity index (χ1) is 14.3. The van der Waals surface area contributed by atoms with Crippen molar-refractivity contribution in [3.05, 3.63) is 63.7 Å². The molecule has 1 heterocycles. The lowest BCUT2D eigenvalue weighted by molar-refractivity contribution is -0.384. The Morgan fingerprint density at radius 3 is 2.47 bits per heavy atom. The lowest BCUT2D eigenvalue weighted by Crippen LogP contribution is -2.36. The second-order valence-electron chi connectivity index (χ2n) is 6.96. The predicted octanol–water partition coefficient (Wildman–Crippen LogP) is 2.92. The third-order valence-electron chi connectivity index (χ3n) is 4.73. The third kappa shape index (κ3) is 5.12. The lowest BCUT2D eigenvalue weighted by atomic mass is 10.1. The molecule has 1 fully saturated rings. The summed E-state index contributed by atoms with van der Waals surface area (Å²) < 4.78 is 10.5. The van der Waals surface area contributed by atoms with Gasteiger partial charge in [-0.1, -0.05) is 17.7 Å². The van der Waals surface area contributed by atoms with Gasteiger partial charge in [0.15, 0.2) is 6.10 Å². The van der Waals surface area contributed by atoms with Crippen LogP contribution in [0.25, 0.3) is 0 Å². The van der Waals surface area contributed by atoms with E-state index < -0.39 is 22.9 Å². The number of hydrogen-bond acceptors (Lipinski definition) is 7. The minimum absolute atomic E-state index is 0.00805. The smallest absolute Gasteiger partial charge is 0.339 e. The highest BCUT2D eigenvalue weighted by Crippen LogP contribution is 2.30. The van der Waals surface area contributed by atoms with Crippen LogP contribution >= 0.6 is 0 Å². The number of carbonyl (C=O) groups excluding carboxylic acids is 2. The Hall–Kier alpha value is -3.46. The van der Waals surface area contributed by atoms with Gasteiger partial charge < -0.3 is 19.7 Å². The Morgan fingerprint density at radius 1 is 1.17 bits per heavy atom. The Balaban J connectivity index is 1.69. The number of benzene rings is 2. The number of nitro benzene ring substituents is 1. The zero-order valence-corrected chi connectivity index (χ0v) is 16.8. The van der Waals surface area contributed by atoms with E-state index in [0.717, 1.165) is 5.56 Å². The number of nitro groups is 1. The van der Waals surface area contributed by atoms with E-state index in [2.05, 4.69) is 5.32 Å². The van der Waals surface area contributed by atoms with Crippen molar-refractivity contribution in [2.75, 3.05) is 36.5 Å². The number of rotatable bonds is 6. The van der Waals surface area contributed by atoms with E-state index >= 15 is 0 Å². The molecule has 30 heavy (non-hydrogen) atoms. The van der Waals surface area contributed by atoms with Crippen LogP contribution in [0.2, 0.25) is 0 Å². The van der Waals surface area contributed by atoms with Crippen molar-refractivity contribution in [1.29, 1.82) is 0 Å². The monoisotopic (exact) mass is 413 g/mol. The molecule has 1 aliphatic heterocycles. The SMILES string of the molecule is Cc1ccc(NC(=O)[C@@H](C)OC(=O)c2ccc(N3CCOCC3)c([N+](=O)[O-])c2)cc1. The van der Waals surface area contributed by atoms with Gasteiger partial charge >= 0.3 is 5.97 Å². The molecular weight excluding hydrogens is 390 g/mol. The largest absolute Gasteiger partial charge is 0.449 e. The number of nitrogens with one attached hydrogen (secondary N) is 1. The zero-order chi connectivity index (χ0) is 21.7. The molecule has 1 atom stereocenters. The molecule has 1 N–H and O–H groups in total. The molecule has 0 spiro atoms. The number of anilines is 2. The molecule has 0 aliphatic carbocycles. The van der Waals surface area contributed by atoms with E-state index in [0.29, 0.717) is 37.7 Å². The summed E-state index contributed by atoms with van der Waals surface area (Å²) in [6.45, 7) is 5.39. The van der Waals surface area contributed by atoms with Crippen molar-refractivity contribution >= 4 is 28.9 Å². The van der Waals surface area contributed by atoms with Crippen molar-refractivity contribution in [3.63, 3.8) is 0 Å². The van der Waals surface area contributed by atoms with Gasteiger partial charge in [-0.3, -0.25) is 14.9 Å². The maximum atomic E-state index is 12.5. The standard InChI is InChI=1S/C21H23N3O6/c1-14-3-6-17(7-4-14)22-20(25)15(2)30-21(26)16-5-8-18(19(13-16)24(27)28)23-9-11-29-12-10-23/h3-8,13,15H,9-12H2,1-2H3,(H,22,25)/t15-/m1/s1. The van der Waals surface area contributed by atoms with Gasteiger partial charge in [-0.2, -0.15) is 0 Å². The summed E-state index contributed by atoms with van der Waals surface area (Å²) in [5.74, 6) is -1.30. The second-order valence-corrected chi connectivity index (χ2v) is 6.96. The van der Waals surface area contributed by atoms with Crippen molar-refractivity contribution < 1.29 is 24.0 Å². The van der Waals surface area contributed by atoms with Crippen LogP contribution in [0, 0.1) is 17.0 Å². The number of morpholine rings is 1. The van der Waals surface area contributed by atoms with Crippen molar-refractivity contribution in [2.24, 2.45) is 0 Å². The molecule has 1 saturated heterocycles. The van der Waals surface area contributed by atoms with Crippen LogP contribution in [-0.2, 0) is 14.3 Å². The minimum atomic E-state index is -1.07. The molecule has 0 radical (unpaired) electrons. The summed E-state index contributed by atoms with van der Waals surface area (Å²) in [6.07, 6.45) is -1.07. The van der Waals surface area contributed by atoms with Gasteiger partial charge in [0.2, 0.25) is 0 Å². The number of nitrogens with zero attached hydrogens (tertiary/aromatic N) is 2. The fraction of sp³-hybridized carbons (Fsp3) is 0.333. The molecule has 2 aromatic rings. The molecular formula is C21H23N3O6. The van der Waals surface area contributed by atoms with Gasteiger partial charge in [0, 0.05) is 24.8 Å². The van der Waals surface area contributed by atoms with Gasteiger partial charge in [0.1, 0.15) is 5.69 Å². The topological polar surface area (TPSA) is 111 Å². The van der Waals surface area contributed by atoms with E-state index in [9.17, 15) is 19.7 Å². The van der Waals surface area contributed by atoms with E-state index in [4.69, 9.17) is 9.47 Å². The fourth-order valence-electron chi connectivity index (χ4n) is 3.03. The zero-order valence-electron chi connectivity index (χ0n) is 16.8. The molecule has 3 rings (SSSR count). The molecule has 0 aromatic heterocycles. The van der Waals surface area contributed by atoms with Crippen molar-refractivity contribution in [2.45, 2.75) is 20.0 Å². The minimum Gasteiger partial charge on any atom is -0.449 e. The molecule has 2 aromatic carbocycles. The quantitative estimate of drug-likeness (QED) is 0.440. The summed E-state index contributed by atoms with van der Waals surface area (Å²) in [5.41, 5.74) is 1.87. The van der Waals surface area contributed by atoms with Gasteiger partial charge in [0.05, 0.1) is 23.7 Å². The summed E-state index contributed by atoms with van der Waals surface area (Å²) >= 11 is 0. The van der Waals surface area contributed by atoms with E-state index in [1.54, 1.807) is 12.1 Å². The molecule has 1 amide bonds. The third-order valence-corrected chi connectivity index (χ3v) is 4.73. The first kappa shape index (κ1) is 21.3. The van der Waals surface area contributed by atoms with Crippen LogP contribution in [0.1, 0.15) is 22.8 Å². The fourth-order valence-corrected chi connectivity index (χ4v) is 3.03. The van der Waals surface area contributed by atoms with E-state index in [1.165, 1.54) is 25.1 Å². The van der Waals surface area contributed by atoms with Crippen molar-refractivity contribution in [1.82, 2.24) is 0 Å². The average Bonchev–Trinajstić information content (AvgIpc) is 2.75. The molecule has 9 heteroatoms. The summed E-state index contributed by atoms with van der Waals surface area (Å²) in [4.78, 5) is 37.6. The van der Waals surface area contributed by atoms with Crippen LogP contribution in [0.5, 0.6) is 0 Å². The van der Waals surface area contributed by atoms with Crippen LogP contribution in [-0.4, -0.2) is 49.2 Å². The van der Waals surface area contributed by atoms with Gasteiger partial charge in [-0.15, -0.1) is 0 Å². The Labute approximate surface area is 173 Å².